The monoisotopic (exact) mass is 642 g/mol. The third-order valence-electron chi connectivity index (χ3n) is 8.51. The van der Waals surface area contributed by atoms with Crippen LogP contribution in [0.25, 0.3) is 5.57 Å². The SMILES string of the molecule is COc1ncc(CC(C)(C)C(=O)O)cc1C1=C(CN2C(=O)OC(c3cc(C(F)(F)F)cc(C(F)(F)F)c3)C2C)CC(C)(C)CC1. The van der Waals surface area contributed by atoms with Crippen molar-refractivity contribution < 1.29 is 50.5 Å². The van der Waals surface area contributed by atoms with E-state index in [-0.39, 0.29) is 24.4 Å². The molecule has 7 nitrogen and oxygen atoms in total. The van der Waals surface area contributed by atoms with Gasteiger partial charge in [0.25, 0.3) is 0 Å². The minimum absolute atomic E-state index is 0.00829. The van der Waals surface area contributed by atoms with E-state index in [0.717, 1.165) is 17.6 Å². The van der Waals surface area contributed by atoms with Crippen molar-refractivity contribution in [3.63, 3.8) is 0 Å². The standard InChI is InChI=1S/C32H36F6N2O5/c1-17-25(19-10-21(31(33,34)35)12-22(11-19)32(36,37)38)45-28(43)40(17)16-20-14-29(2,3)8-7-23(20)24-9-18(15-39-26(24)44-6)13-30(4,5)27(41)42/h9-12,15,17,25H,7-8,13-14,16H2,1-6H3,(H,41,42). The van der Waals surface area contributed by atoms with Gasteiger partial charge in [0.1, 0.15) is 6.10 Å². The Morgan fingerprint density at radius 1 is 1.09 bits per heavy atom. The van der Waals surface area contributed by atoms with E-state index in [1.165, 1.54) is 18.9 Å². The molecule has 2 aliphatic rings. The largest absolute Gasteiger partial charge is 0.481 e. The number of nitrogens with zero attached hydrogens (tertiary/aromatic N) is 2. The first-order chi connectivity index (χ1) is 20.6. The fourth-order valence-corrected chi connectivity index (χ4v) is 5.95. The molecule has 1 saturated heterocycles. The molecule has 1 N–H and O–H groups in total. The minimum atomic E-state index is -5.05. The van der Waals surface area contributed by atoms with Crippen LogP contribution in [0.1, 0.15) is 87.8 Å². The summed E-state index contributed by atoms with van der Waals surface area (Å²) < 4.78 is 92.2. The van der Waals surface area contributed by atoms with Crippen LogP contribution in [0, 0.1) is 10.8 Å². The molecule has 13 heteroatoms. The van der Waals surface area contributed by atoms with E-state index in [4.69, 9.17) is 9.47 Å². The molecular formula is C32H36F6N2O5. The van der Waals surface area contributed by atoms with Crippen LogP contribution in [0.3, 0.4) is 0 Å². The fourth-order valence-electron chi connectivity index (χ4n) is 5.95. The van der Waals surface area contributed by atoms with Crippen LogP contribution >= 0.6 is 0 Å². The first kappa shape index (κ1) is 34.1. The van der Waals surface area contributed by atoms with Crippen molar-refractivity contribution in [1.29, 1.82) is 0 Å². The number of ether oxygens (including phenoxy) is 2. The topological polar surface area (TPSA) is 89.0 Å². The van der Waals surface area contributed by atoms with E-state index in [9.17, 15) is 41.0 Å². The molecule has 1 fully saturated rings. The highest BCUT2D eigenvalue weighted by molar-refractivity contribution is 5.77. The molecule has 0 spiro atoms. The smallest absolute Gasteiger partial charge is 0.416 e. The summed E-state index contributed by atoms with van der Waals surface area (Å²) in [6.07, 6.45) is -8.73. The maximum atomic E-state index is 13.5. The number of carboxylic acids is 1. The van der Waals surface area contributed by atoms with E-state index in [1.54, 1.807) is 20.0 Å². The zero-order chi connectivity index (χ0) is 33.7. The summed E-state index contributed by atoms with van der Waals surface area (Å²) in [5, 5.41) is 9.63. The van der Waals surface area contributed by atoms with Crippen LogP contribution in [0.2, 0.25) is 0 Å². The third-order valence-corrected chi connectivity index (χ3v) is 8.51. The summed E-state index contributed by atoms with van der Waals surface area (Å²) in [6.45, 7) is 8.85. The van der Waals surface area contributed by atoms with Gasteiger partial charge in [-0.1, -0.05) is 13.8 Å². The molecule has 1 aliphatic heterocycles. The number of carbonyl (C=O) groups excluding carboxylic acids is 1. The number of benzene rings is 1. The molecule has 2 aromatic rings. The summed E-state index contributed by atoms with van der Waals surface area (Å²) in [6, 6.07) is 2.13. The van der Waals surface area contributed by atoms with Gasteiger partial charge in [-0.15, -0.1) is 0 Å². The Labute approximate surface area is 257 Å². The van der Waals surface area contributed by atoms with Gasteiger partial charge in [0.15, 0.2) is 0 Å². The summed E-state index contributed by atoms with van der Waals surface area (Å²) in [5.74, 6) is -0.670. The maximum Gasteiger partial charge on any atom is 0.416 e. The second-order valence-corrected chi connectivity index (χ2v) is 13.2. The van der Waals surface area contributed by atoms with Gasteiger partial charge in [0.2, 0.25) is 5.88 Å². The number of hydrogen-bond acceptors (Lipinski definition) is 5. The van der Waals surface area contributed by atoms with Gasteiger partial charge in [-0.2, -0.15) is 26.3 Å². The van der Waals surface area contributed by atoms with Crippen LogP contribution < -0.4 is 4.74 Å². The van der Waals surface area contributed by atoms with Crippen LogP contribution in [-0.4, -0.2) is 46.7 Å². The van der Waals surface area contributed by atoms with Gasteiger partial charge < -0.3 is 14.6 Å². The summed E-state index contributed by atoms with van der Waals surface area (Å²) in [4.78, 5) is 30.6. The highest BCUT2D eigenvalue weighted by atomic mass is 19.4. The Balaban J connectivity index is 1.75. The van der Waals surface area contributed by atoms with Crippen LogP contribution in [0.15, 0.2) is 36.0 Å². The zero-order valence-corrected chi connectivity index (χ0v) is 25.8. The number of alkyl halides is 6. The normalized spacial score (nSPS) is 20.8. The van der Waals surface area contributed by atoms with Gasteiger partial charge in [-0.05, 0) is 98.4 Å². The summed E-state index contributed by atoms with van der Waals surface area (Å²) >= 11 is 0. The number of rotatable bonds is 8. The molecule has 45 heavy (non-hydrogen) atoms. The van der Waals surface area contributed by atoms with Crippen molar-refractivity contribution in [2.45, 2.75) is 84.8 Å². The van der Waals surface area contributed by atoms with E-state index < -0.39 is 58.7 Å². The molecule has 2 unspecified atom stereocenters. The van der Waals surface area contributed by atoms with Gasteiger partial charge in [0, 0.05) is 18.3 Å². The number of cyclic esters (lactones) is 1. The molecule has 2 heterocycles. The molecule has 4 rings (SSSR count). The molecule has 0 bridgehead atoms. The Morgan fingerprint density at radius 2 is 1.69 bits per heavy atom. The van der Waals surface area contributed by atoms with Gasteiger partial charge in [-0.25, -0.2) is 9.78 Å². The molecule has 1 aromatic heterocycles. The number of aromatic nitrogens is 1. The lowest BCUT2D eigenvalue weighted by Crippen LogP contribution is -2.35. The molecule has 0 saturated carbocycles. The second-order valence-electron chi connectivity index (χ2n) is 13.2. The summed E-state index contributed by atoms with van der Waals surface area (Å²) in [5.41, 5.74) is -1.70. The molecule has 0 radical (unpaired) electrons. The highest BCUT2D eigenvalue weighted by Gasteiger charge is 2.44. The van der Waals surface area contributed by atoms with Crippen molar-refractivity contribution in [1.82, 2.24) is 9.88 Å². The number of carboxylic acid groups (broad SMARTS) is 1. The lowest BCUT2D eigenvalue weighted by atomic mass is 9.72. The third kappa shape index (κ3) is 7.38. The number of aliphatic carboxylic acids is 1. The number of methoxy groups -OCH3 is 1. The van der Waals surface area contributed by atoms with Gasteiger partial charge in [-0.3, -0.25) is 9.69 Å². The highest BCUT2D eigenvalue weighted by Crippen LogP contribution is 2.46. The van der Waals surface area contributed by atoms with Crippen LogP contribution in [-0.2, 0) is 28.3 Å². The van der Waals surface area contributed by atoms with Gasteiger partial charge in [0.05, 0.1) is 29.7 Å². The molecule has 1 aromatic carbocycles. The molecule has 1 amide bonds. The van der Waals surface area contributed by atoms with Crippen molar-refractivity contribution in [2.75, 3.05) is 13.7 Å². The van der Waals surface area contributed by atoms with Crippen LogP contribution in [0.4, 0.5) is 31.1 Å². The van der Waals surface area contributed by atoms with Gasteiger partial charge >= 0.3 is 24.4 Å². The quantitative estimate of drug-likeness (QED) is 0.292. The Morgan fingerprint density at radius 3 is 2.22 bits per heavy atom. The Hall–Kier alpha value is -3.77. The molecule has 1 aliphatic carbocycles. The fraction of sp³-hybridized carbons (Fsp3) is 0.531. The molecule has 2 atom stereocenters. The Bertz CT molecular complexity index is 1480. The molecule has 246 valence electrons. The average Bonchev–Trinajstić information content (AvgIpc) is 3.19. The van der Waals surface area contributed by atoms with Crippen LogP contribution in [0.5, 0.6) is 5.88 Å². The zero-order valence-electron chi connectivity index (χ0n) is 25.8. The van der Waals surface area contributed by atoms with E-state index in [2.05, 4.69) is 18.8 Å². The summed E-state index contributed by atoms with van der Waals surface area (Å²) in [7, 11) is 1.45. The predicted octanol–water partition coefficient (Wildman–Crippen LogP) is 8.33. The van der Waals surface area contributed by atoms with Crippen molar-refractivity contribution in [2.24, 2.45) is 10.8 Å². The van der Waals surface area contributed by atoms with E-state index in [1.807, 2.05) is 6.07 Å². The minimum Gasteiger partial charge on any atom is -0.481 e. The van der Waals surface area contributed by atoms with Crippen molar-refractivity contribution in [3.05, 3.63) is 63.9 Å². The maximum absolute atomic E-state index is 13.5. The second kappa shape index (κ2) is 11.9. The predicted molar refractivity (Wildman–Crippen MR) is 152 cm³/mol. The van der Waals surface area contributed by atoms with Crippen molar-refractivity contribution >= 4 is 17.6 Å². The number of carbonyl (C=O) groups is 2. The number of allylic oxidation sites excluding steroid dienone is 1. The number of hydrogen-bond donors (Lipinski definition) is 1. The Kier molecular flexibility index (Phi) is 9.00. The number of amides is 1. The first-order valence-corrected chi connectivity index (χ1v) is 14.4. The lowest BCUT2D eigenvalue weighted by molar-refractivity contribution is -0.147. The van der Waals surface area contributed by atoms with E-state index >= 15 is 0 Å². The van der Waals surface area contributed by atoms with E-state index in [0.29, 0.717) is 42.0 Å². The lowest BCUT2D eigenvalue weighted by Gasteiger charge is -2.35. The van der Waals surface area contributed by atoms with Crippen molar-refractivity contribution in [3.8, 4) is 5.88 Å². The average molecular weight is 643 g/mol. The molecular weight excluding hydrogens is 606 g/mol. The number of pyridine rings is 1. The number of halogens is 6. The first-order valence-electron chi connectivity index (χ1n) is 14.4.